The molecule has 0 bridgehead atoms. The maximum Gasteiger partial charge on any atom is 0.338 e. The van der Waals surface area contributed by atoms with Gasteiger partial charge in [0.25, 0.3) is 5.56 Å². The molecule has 2 aromatic carbocycles. The largest absolute Gasteiger partial charge is 0.497 e. The van der Waals surface area contributed by atoms with Gasteiger partial charge in [0.1, 0.15) is 29.9 Å². The minimum absolute atomic E-state index is 0.195. The minimum Gasteiger partial charge on any atom is -0.497 e. The van der Waals surface area contributed by atoms with Gasteiger partial charge in [-0.3, -0.25) is 9.36 Å². The van der Waals surface area contributed by atoms with Gasteiger partial charge in [0, 0.05) is 5.56 Å². The van der Waals surface area contributed by atoms with Crippen molar-refractivity contribution in [2.75, 3.05) is 27.4 Å². The molecule has 9 heteroatoms. The third kappa shape index (κ3) is 5.83. The van der Waals surface area contributed by atoms with Crippen LogP contribution in [-0.4, -0.2) is 38.0 Å². The fourth-order valence-corrected chi connectivity index (χ4v) is 5.45. The highest BCUT2D eigenvalue weighted by atomic mass is 32.1. The molecule has 0 saturated heterocycles. The molecule has 0 spiro atoms. The van der Waals surface area contributed by atoms with Crippen LogP contribution in [0.4, 0.5) is 0 Å². The number of rotatable bonds is 11. The third-order valence-corrected chi connectivity index (χ3v) is 7.15. The number of nitrogens with zero attached hydrogens (tertiary/aromatic N) is 2. The molecule has 1 aromatic heterocycles. The molecule has 4 rings (SSSR count). The van der Waals surface area contributed by atoms with E-state index in [-0.39, 0.29) is 12.2 Å². The molecule has 2 heterocycles. The molecular weight excluding hydrogens is 516 g/mol. The van der Waals surface area contributed by atoms with Gasteiger partial charge in [-0.2, -0.15) is 0 Å². The maximum atomic E-state index is 14.0. The van der Waals surface area contributed by atoms with Crippen LogP contribution in [0.15, 0.2) is 76.2 Å². The highest BCUT2D eigenvalue weighted by Crippen LogP contribution is 2.38. The zero-order chi connectivity index (χ0) is 27.9. The molecule has 8 nitrogen and oxygen atoms in total. The van der Waals surface area contributed by atoms with Crippen LogP contribution in [-0.2, 0) is 9.53 Å². The minimum atomic E-state index is -0.802. The lowest BCUT2D eigenvalue weighted by molar-refractivity contribution is -0.139. The number of aromatic nitrogens is 1. The van der Waals surface area contributed by atoms with Gasteiger partial charge < -0.3 is 18.9 Å². The molecule has 1 aliphatic rings. The number of allylic oxidation sites excluding steroid dienone is 1. The second kappa shape index (κ2) is 12.6. The second-order valence-corrected chi connectivity index (χ2v) is 9.70. The van der Waals surface area contributed by atoms with Crippen LogP contribution in [0.3, 0.4) is 0 Å². The molecule has 204 valence electrons. The van der Waals surface area contributed by atoms with E-state index in [0.717, 1.165) is 12.0 Å². The average Bonchev–Trinajstić information content (AvgIpc) is 3.26. The van der Waals surface area contributed by atoms with Crippen molar-refractivity contribution in [1.82, 2.24) is 4.57 Å². The standard InChI is InChI=1S/C30H32N2O6S/c1-6-9-23-26(29(34)37-8-3)27(22-18-21(35-4)14-15-24(22)36-5)32-28(33)25(39-30(32)31-23)17-19-10-12-20(13-11-19)38-16-7-2/h7,10-15,17-18,27H,2,6,8-9,16H2,1,3-5H3/b25-17-/t27-/m1/s1. The fourth-order valence-electron chi connectivity index (χ4n) is 4.44. The molecule has 3 aromatic rings. The Bertz CT molecular complexity index is 1570. The molecule has 39 heavy (non-hydrogen) atoms. The number of benzene rings is 2. The Hall–Kier alpha value is -4.11. The van der Waals surface area contributed by atoms with Crippen LogP contribution in [0.25, 0.3) is 6.08 Å². The van der Waals surface area contributed by atoms with Crippen LogP contribution in [0, 0.1) is 0 Å². The van der Waals surface area contributed by atoms with Crippen molar-refractivity contribution < 1.29 is 23.7 Å². The van der Waals surface area contributed by atoms with Gasteiger partial charge in [-0.25, -0.2) is 9.79 Å². The third-order valence-electron chi connectivity index (χ3n) is 6.17. The summed E-state index contributed by atoms with van der Waals surface area (Å²) in [5, 5.41) is 0. The van der Waals surface area contributed by atoms with Gasteiger partial charge in [0.05, 0.1) is 36.6 Å². The molecule has 0 fully saturated rings. The number of carbonyl (C=O) groups excluding carboxylic acids is 1. The van der Waals surface area contributed by atoms with Crippen LogP contribution < -0.4 is 29.1 Å². The first-order valence-electron chi connectivity index (χ1n) is 12.7. The number of carbonyl (C=O) groups is 1. The Balaban J connectivity index is 1.96. The number of methoxy groups -OCH3 is 2. The normalized spacial score (nSPS) is 14.9. The van der Waals surface area contributed by atoms with E-state index < -0.39 is 12.0 Å². The molecule has 1 aliphatic heterocycles. The van der Waals surface area contributed by atoms with Gasteiger partial charge >= 0.3 is 5.97 Å². The molecule has 0 amide bonds. The van der Waals surface area contributed by atoms with Crippen molar-refractivity contribution in [2.45, 2.75) is 32.7 Å². The maximum absolute atomic E-state index is 14.0. The first kappa shape index (κ1) is 27.9. The fraction of sp³-hybridized carbons (Fsp3) is 0.300. The lowest BCUT2D eigenvalue weighted by Crippen LogP contribution is -2.40. The zero-order valence-electron chi connectivity index (χ0n) is 22.6. The van der Waals surface area contributed by atoms with E-state index in [1.54, 1.807) is 50.0 Å². The SMILES string of the molecule is C=CCOc1ccc(/C=c2\sc3n(c2=O)[C@H](c2cc(OC)ccc2OC)C(C(=O)OCC)=C(CCC)N=3)cc1. The van der Waals surface area contributed by atoms with Gasteiger partial charge in [-0.15, -0.1) is 0 Å². The summed E-state index contributed by atoms with van der Waals surface area (Å²) >= 11 is 1.28. The number of thiazole rings is 1. The van der Waals surface area contributed by atoms with Crippen LogP contribution in [0.2, 0.25) is 0 Å². The monoisotopic (exact) mass is 548 g/mol. The Morgan fingerprint density at radius 3 is 2.49 bits per heavy atom. The van der Waals surface area contributed by atoms with Crippen molar-refractivity contribution >= 4 is 23.4 Å². The Labute approximate surface area is 231 Å². The molecule has 0 aliphatic carbocycles. The summed E-state index contributed by atoms with van der Waals surface area (Å²) in [6.45, 7) is 8.04. The van der Waals surface area contributed by atoms with Gasteiger partial charge in [0.15, 0.2) is 4.80 Å². The van der Waals surface area contributed by atoms with Gasteiger partial charge in [0.2, 0.25) is 0 Å². The molecule has 0 saturated carbocycles. The highest BCUT2D eigenvalue weighted by Gasteiger charge is 2.36. The summed E-state index contributed by atoms with van der Waals surface area (Å²) in [6, 6.07) is 12.0. The van der Waals surface area contributed by atoms with Crippen molar-refractivity contribution in [3.63, 3.8) is 0 Å². The predicted octanol–water partition coefficient (Wildman–Crippen LogP) is 4.16. The Kier molecular flexibility index (Phi) is 9.03. The second-order valence-electron chi connectivity index (χ2n) is 8.69. The van der Waals surface area contributed by atoms with Crippen LogP contribution in [0.1, 0.15) is 43.9 Å². The van der Waals surface area contributed by atoms with E-state index in [2.05, 4.69) is 6.58 Å². The van der Waals surface area contributed by atoms with E-state index in [4.69, 9.17) is 23.9 Å². The summed E-state index contributed by atoms with van der Waals surface area (Å²) in [6.07, 6.45) is 4.81. The molecule has 0 radical (unpaired) electrons. The van der Waals surface area contributed by atoms with Crippen LogP contribution >= 0.6 is 11.3 Å². The van der Waals surface area contributed by atoms with E-state index in [1.165, 1.54) is 11.3 Å². The van der Waals surface area contributed by atoms with E-state index >= 15 is 0 Å². The topological polar surface area (TPSA) is 88.3 Å². The lowest BCUT2D eigenvalue weighted by atomic mass is 9.93. The van der Waals surface area contributed by atoms with Crippen molar-refractivity contribution in [3.05, 3.63) is 97.2 Å². The lowest BCUT2D eigenvalue weighted by Gasteiger charge is -2.27. The summed E-state index contributed by atoms with van der Waals surface area (Å²) in [7, 11) is 3.12. The Morgan fingerprint density at radius 1 is 1.10 bits per heavy atom. The highest BCUT2D eigenvalue weighted by molar-refractivity contribution is 7.07. The van der Waals surface area contributed by atoms with E-state index in [9.17, 15) is 9.59 Å². The van der Waals surface area contributed by atoms with Crippen molar-refractivity contribution in [3.8, 4) is 17.2 Å². The number of esters is 1. The van der Waals surface area contributed by atoms with E-state index in [0.29, 0.717) is 56.4 Å². The number of fused-ring (bicyclic) bond motifs is 1. The number of hydrogen-bond donors (Lipinski definition) is 0. The summed E-state index contributed by atoms with van der Waals surface area (Å²) in [5.74, 6) is 1.29. The summed E-state index contributed by atoms with van der Waals surface area (Å²) < 4.78 is 24.2. The average molecular weight is 549 g/mol. The van der Waals surface area contributed by atoms with Gasteiger partial charge in [-0.1, -0.05) is 49.5 Å². The van der Waals surface area contributed by atoms with Crippen molar-refractivity contribution in [2.24, 2.45) is 4.99 Å². The number of ether oxygens (including phenoxy) is 4. The smallest absolute Gasteiger partial charge is 0.338 e. The first-order chi connectivity index (χ1) is 18.9. The Morgan fingerprint density at radius 2 is 1.85 bits per heavy atom. The number of hydrogen-bond acceptors (Lipinski definition) is 8. The zero-order valence-corrected chi connectivity index (χ0v) is 23.4. The predicted molar refractivity (Wildman–Crippen MR) is 151 cm³/mol. The molecular formula is C30H32N2O6S. The summed E-state index contributed by atoms with van der Waals surface area (Å²) in [5.41, 5.74) is 2.10. The van der Waals surface area contributed by atoms with Crippen molar-refractivity contribution in [1.29, 1.82) is 0 Å². The van der Waals surface area contributed by atoms with Crippen LogP contribution in [0.5, 0.6) is 17.2 Å². The quantitative estimate of drug-likeness (QED) is 0.264. The summed E-state index contributed by atoms with van der Waals surface area (Å²) in [4.78, 5) is 32.7. The van der Waals surface area contributed by atoms with E-state index in [1.807, 2.05) is 37.3 Å². The van der Waals surface area contributed by atoms with Gasteiger partial charge in [-0.05, 0) is 55.3 Å². The molecule has 0 unspecified atom stereocenters. The molecule has 0 N–H and O–H groups in total. The molecule has 1 atom stereocenters. The first-order valence-corrected chi connectivity index (χ1v) is 13.5.